The largest absolute Gasteiger partial charge is 0.490 e. The van der Waals surface area contributed by atoms with Gasteiger partial charge in [0.15, 0.2) is 0 Å². The molecular formula is C33H31N3O8. The topological polar surface area (TPSA) is 128 Å². The predicted octanol–water partition coefficient (Wildman–Crippen LogP) is 6.07. The average molecular weight is 598 g/mol. The summed E-state index contributed by atoms with van der Waals surface area (Å²) in [5.41, 5.74) is 2.56. The Balaban J connectivity index is 1.29. The third-order valence-electron chi connectivity index (χ3n) is 6.62. The van der Waals surface area contributed by atoms with Gasteiger partial charge in [0.25, 0.3) is 0 Å². The van der Waals surface area contributed by atoms with Crippen LogP contribution < -0.4 is 9.47 Å². The molecule has 226 valence electrons. The van der Waals surface area contributed by atoms with Crippen molar-refractivity contribution in [2.45, 2.75) is 26.4 Å². The number of nitrogens with zero attached hydrogens (tertiary/aromatic N) is 3. The van der Waals surface area contributed by atoms with Crippen molar-refractivity contribution >= 4 is 39.8 Å². The molecule has 5 aromatic rings. The number of aromatic nitrogens is 3. The Bertz CT molecular complexity index is 1860. The van der Waals surface area contributed by atoms with Gasteiger partial charge in [-0.15, -0.1) is 0 Å². The van der Waals surface area contributed by atoms with Crippen LogP contribution in [0.2, 0.25) is 0 Å². The fourth-order valence-electron chi connectivity index (χ4n) is 4.67. The Morgan fingerprint density at radius 2 is 1.48 bits per heavy atom. The van der Waals surface area contributed by atoms with E-state index >= 15 is 0 Å². The molecule has 0 fully saturated rings. The van der Waals surface area contributed by atoms with Crippen LogP contribution in [0, 0.1) is 0 Å². The first-order valence-electron chi connectivity index (χ1n) is 13.7. The van der Waals surface area contributed by atoms with E-state index in [9.17, 15) is 14.4 Å². The SMILES string of the molecule is COC(=O)c1ccc(OCCOc2ccc(-c3ccc4c5cnccc5n(C(=O)OC(C)(C)C)c4c3)cn2)cc1C(=O)OC. The number of methoxy groups -OCH3 is 2. The van der Waals surface area contributed by atoms with Gasteiger partial charge in [-0.1, -0.05) is 12.1 Å². The number of rotatable bonds is 8. The molecule has 3 aromatic heterocycles. The van der Waals surface area contributed by atoms with Gasteiger partial charge < -0.3 is 23.7 Å². The van der Waals surface area contributed by atoms with Crippen molar-refractivity contribution < 1.29 is 38.1 Å². The molecule has 0 saturated carbocycles. The smallest absolute Gasteiger partial charge is 0.419 e. The van der Waals surface area contributed by atoms with Crippen LogP contribution in [0.1, 0.15) is 41.5 Å². The summed E-state index contributed by atoms with van der Waals surface area (Å²) in [4.78, 5) is 45.9. The van der Waals surface area contributed by atoms with Gasteiger partial charge in [0, 0.05) is 41.0 Å². The van der Waals surface area contributed by atoms with Gasteiger partial charge >= 0.3 is 18.0 Å². The number of ether oxygens (including phenoxy) is 5. The number of carbonyl (C=O) groups is 3. The van der Waals surface area contributed by atoms with E-state index in [2.05, 4.69) is 9.97 Å². The van der Waals surface area contributed by atoms with Crippen LogP contribution in [0.15, 0.2) is 73.2 Å². The molecule has 0 aliphatic heterocycles. The van der Waals surface area contributed by atoms with Crippen LogP contribution in [0.25, 0.3) is 32.9 Å². The Labute approximate surface area is 253 Å². The second-order valence-electron chi connectivity index (χ2n) is 10.7. The van der Waals surface area contributed by atoms with Gasteiger partial charge in [-0.05, 0) is 62.7 Å². The number of pyridine rings is 2. The molecule has 11 heteroatoms. The minimum Gasteiger partial charge on any atom is -0.490 e. The summed E-state index contributed by atoms with van der Waals surface area (Å²) in [7, 11) is 2.46. The van der Waals surface area contributed by atoms with Crippen molar-refractivity contribution in [3.05, 3.63) is 84.3 Å². The highest BCUT2D eigenvalue weighted by molar-refractivity contribution is 6.13. The fourth-order valence-corrected chi connectivity index (χ4v) is 4.67. The predicted molar refractivity (Wildman–Crippen MR) is 162 cm³/mol. The fraction of sp³-hybridized carbons (Fsp3) is 0.242. The molecule has 2 aromatic carbocycles. The lowest BCUT2D eigenvalue weighted by molar-refractivity contribution is 0.0549. The zero-order chi connectivity index (χ0) is 31.4. The molecule has 3 heterocycles. The first kappa shape index (κ1) is 30.0. The van der Waals surface area contributed by atoms with Crippen molar-refractivity contribution in [1.82, 2.24) is 14.5 Å². The molecule has 11 nitrogen and oxygen atoms in total. The van der Waals surface area contributed by atoms with E-state index in [4.69, 9.17) is 23.7 Å². The van der Waals surface area contributed by atoms with Crippen LogP contribution in [0.5, 0.6) is 11.6 Å². The Morgan fingerprint density at radius 1 is 0.750 bits per heavy atom. The van der Waals surface area contributed by atoms with E-state index in [1.165, 1.54) is 26.4 Å². The van der Waals surface area contributed by atoms with Crippen molar-refractivity contribution in [3.63, 3.8) is 0 Å². The molecule has 0 atom stereocenters. The van der Waals surface area contributed by atoms with Gasteiger partial charge in [-0.25, -0.2) is 23.9 Å². The third-order valence-corrected chi connectivity index (χ3v) is 6.62. The highest BCUT2D eigenvalue weighted by Gasteiger charge is 2.23. The van der Waals surface area contributed by atoms with E-state index in [1.807, 2.05) is 45.0 Å². The maximum atomic E-state index is 13.2. The van der Waals surface area contributed by atoms with Gasteiger partial charge in [-0.3, -0.25) is 4.98 Å². The summed E-state index contributed by atoms with van der Waals surface area (Å²) in [5.74, 6) is -0.583. The van der Waals surface area contributed by atoms with E-state index < -0.39 is 23.6 Å². The van der Waals surface area contributed by atoms with Crippen LogP contribution >= 0.6 is 0 Å². The average Bonchev–Trinajstić information content (AvgIpc) is 3.35. The second kappa shape index (κ2) is 12.4. The van der Waals surface area contributed by atoms with Crippen molar-refractivity contribution in [2.75, 3.05) is 27.4 Å². The molecule has 0 unspecified atom stereocenters. The van der Waals surface area contributed by atoms with Crippen LogP contribution in [-0.4, -0.2) is 65.6 Å². The van der Waals surface area contributed by atoms with E-state index in [1.54, 1.807) is 41.4 Å². The Morgan fingerprint density at radius 3 is 2.18 bits per heavy atom. The maximum Gasteiger partial charge on any atom is 0.419 e. The summed E-state index contributed by atoms with van der Waals surface area (Å²) in [6.07, 6.45) is 4.61. The molecule has 0 aliphatic carbocycles. The number of fused-ring (bicyclic) bond motifs is 3. The van der Waals surface area contributed by atoms with Gasteiger partial charge in [0.05, 0.1) is 36.4 Å². The van der Waals surface area contributed by atoms with E-state index in [0.29, 0.717) is 22.7 Å². The van der Waals surface area contributed by atoms with E-state index in [-0.39, 0.29) is 24.3 Å². The molecule has 0 spiro atoms. The van der Waals surface area contributed by atoms with Crippen LogP contribution in [0.3, 0.4) is 0 Å². The molecule has 0 bridgehead atoms. The number of hydrogen-bond acceptors (Lipinski definition) is 10. The molecule has 0 radical (unpaired) electrons. The zero-order valence-corrected chi connectivity index (χ0v) is 25.0. The van der Waals surface area contributed by atoms with Gasteiger partial charge in [0.1, 0.15) is 24.6 Å². The number of esters is 2. The summed E-state index contributed by atoms with van der Waals surface area (Å²) in [5, 5.41) is 1.74. The van der Waals surface area contributed by atoms with Crippen LogP contribution in [0.4, 0.5) is 4.79 Å². The number of benzene rings is 2. The monoisotopic (exact) mass is 597 g/mol. The molecule has 44 heavy (non-hydrogen) atoms. The quantitative estimate of drug-likeness (QED) is 0.118. The van der Waals surface area contributed by atoms with Crippen LogP contribution in [-0.2, 0) is 14.2 Å². The summed E-state index contributed by atoms with van der Waals surface area (Å²) in [6, 6.07) is 15.7. The van der Waals surface area contributed by atoms with Crippen molar-refractivity contribution in [3.8, 4) is 22.8 Å². The highest BCUT2D eigenvalue weighted by atomic mass is 16.6. The Kier molecular flexibility index (Phi) is 8.48. The lowest BCUT2D eigenvalue weighted by Gasteiger charge is -2.20. The standard InChI is InChI=1S/C33H31N3O8/c1-33(2,3)44-32(39)36-27-12-13-34-19-26(27)23-9-6-20(16-28(23)36)21-7-11-29(35-18-21)43-15-14-42-22-8-10-24(30(37)40-4)25(17-22)31(38)41-5/h6-13,16-19H,14-15H2,1-5H3. The lowest BCUT2D eigenvalue weighted by atomic mass is 10.1. The third kappa shape index (κ3) is 6.31. The summed E-state index contributed by atoms with van der Waals surface area (Å²) >= 11 is 0. The van der Waals surface area contributed by atoms with Gasteiger partial charge in [-0.2, -0.15) is 0 Å². The first-order valence-corrected chi connectivity index (χ1v) is 13.7. The Hall–Kier alpha value is -5.45. The maximum absolute atomic E-state index is 13.2. The van der Waals surface area contributed by atoms with Crippen molar-refractivity contribution in [1.29, 1.82) is 0 Å². The second-order valence-corrected chi connectivity index (χ2v) is 10.7. The van der Waals surface area contributed by atoms with Crippen molar-refractivity contribution in [2.24, 2.45) is 0 Å². The number of carbonyl (C=O) groups excluding carboxylic acids is 3. The summed E-state index contributed by atoms with van der Waals surface area (Å²) < 4.78 is 28.2. The molecule has 0 saturated heterocycles. The minimum absolute atomic E-state index is 0.0383. The molecular weight excluding hydrogens is 566 g/mol. The summed E-state index contributed by atoms with van der Waals surface area (Å²) in [6.45, 7) is 5.82. The molecule has 0 N–H and O–H groups in total. The minimum atomic E-state index is -0.682. The first-order chi connectivity index (χ1) is 21.1. The molecule has 0 aliphatic rings. The highest BCUT2D eigenvalue weighted by Crippen LogP contribution is 2.33. The van der Waals surface area contributed by atoms with Gasteiger partial charge in [0.2, 0.25) is 5.88 Å². The lowest BCUT2D eigenvalue weighted by Crippen LogP contribution is -2.27. The van der Waals surface area contributed by atoms with E-state index in [0.717, 1.165) is 21.9 Å². The zero-order valence-electron chi connectivity index (χ0n) is 25.0. The molecule has 0 amide bonds. The number of hydrogen-bond donors (Lipinski definition) is 0. The molecule has 5 rings (SSSR count). The normalized spacial score (nSPS) is 11.3.